The lowest BCUT2D eigenvalue weighted by Crippen LogP contribution is -2.30. The molecule has 0 spiro atoms. The second-order valence-corrected chi connectivity index (χ2v) is 6.63. The van der Waals surface area contributed by atoms with E-state index < -0.39 is 0 Å². The quantitative estimate of drug-likeness (QED) is 0.403. The van der Waals surface area contributed by atoms with Crippen LogP contribution in [-0.4, -0.2) is 25.8 Å². The molecule has 0 amide bonds. The first-order valence-electron chi connectivity index (χ1n) is 8.20. The van der Waals surface area contributed by atoms with E-state index in [1.165, 1.54) is 32.1 Å². The summed E-state index contributed by atoms with van der Waals surface area (Å²) < 4.78 is 0. The molecule has 0 aliphatic carbocycles. The molecule has 0 bridgehead atoms. The van der Waals surface area contributed by atoms with Crippen molar-refractivity contribution in [3.63, 3.8) is 0 Å². The van der Waals surface area contributed by atoms with Crippen LogP contribution in [0, 0.1) is 11.3 Å². The second-order valence-electron chi connectivity index (χ2n) is 6.63. The minimum Gasteiger partial charge on any atom is -0.316 e. The summed E-state index contributed by atoms with van der Waals surface area (Å²) in [6.45, 7) is 14.7. The molecule has 0 aromatic rings. The molecule has 0 aliphatic heterocycles. The number of unbranched alkanes of at least 4 members (excludes halogenated alkanes) is 3. The zero-order valence-electron chi connectivity index (χ0n) is 14.0. The van der Waals surface area contributed by atoms with Gasteiger partial charge in [-0.05, 0) is 49.8 Å². The van der Waals surface area contributed by atoms with Crippen LogP contribution in [0.2, 0.25) is 0 Å². The van der Waals surface area contributed by atoms with Gasteiger partial charge in [-0.1, -0.05) is 47.5 Å². The normalized spacial score (nSPS) is 14.2. The highest BCUT2D eigenvalue weighted by Crippen LogP contribution is 2.26. The van der Waals surface area contributed by atoms with Gasteiger partial charge < -0.3 is 5.32 Å². The number of hydrogen-bond acceptors (Lipinski definition) is 2. The number of nitrogens with zero attached hydrogens (tertiary/aromatic N) is 1. The first kappa shape index (κ1) is 18.6. The Morgan fingerprint density at radius 3 is 2.58 bits per heavy atom. The van der Waals surface area contributed by atoms with Crippen molar-refractivity contribution >= 4 is 6.21 Å². The maximum Gasteiger partial charge on any atom is 0.0387 e. The van der Waals surface area contributed by atoms with Crippen LogP contribution in [0.15, 0.2) is 4.99 Å². The predicted octanol–water partition coefficient (Wildman–Crippen LogP) is 4.69. The molecule has 1 N–H and O–H groups in total. The van der Waals surface area contributed by atoms with Crippen molar-refractivity contribution in [3.05, 3.63) is 0 Å². The molecular formula is C17H36N2. The average Bonchev–Trinajstić information content (AvgIpc) is 2.35. The highest BCUT2D eigenvalue weighted by Gasteiger charge is 2.20. The Labute approximate surface area is 121 Å². The van der Waals surface area contributed by atoms with Crippen LogP contribution in [0.3, 0.4) is 0 Å². The summed E-state index contributed by atoms with van der Waals surface area (Å²) in [6, 6.07) is 0. The SMILES string of the molecule is CCCCCC=NCCC(C)CC(C)(C)CNCC. The van der Waals surface area contributed by atoms with Crippen LogP contribution in [0.4, 0.5) is 0 Å². The Bertz CT molecular complexity index is 221. The lowest BCUT2D eigenvalue weighted by molar-refractivity contribution is 0.260. The third-order valence-electron chi connectivity index (χ3n) is 3.57. The van der Waals surface area contributed by atoms with Gasteiger partial charge in [-0.3, -0.25) is 4.99 Å². The van der Waals surface area contributed by atoms with E-state index in [2.05, 4.69) is 51.1 Å². The Hall–Kier alpha value is -0.370. The van der Waals surface area contributed by atoms with Gasteiger partial charge >= 0.3 is 0 Å². The van der Waals surface area contributed by atoms with E-state index in [-0.39, 0.29) is 0 Å². The smallest absolute Gasteiger partial charge is 0.0387 e. The third-order valence-corrected chi connectivity index (χ3v) is 3.57. The third kappa shape index (κ3) is 12.4. The summed E-state index contributed by atoms with van der Waals surface area (Å²) in [7, 11) is 0. The van der Waals surface area contributed by atoms with Crippen molar-refractivity contribution in [3.8, 4) is 0 Å². The van der Waals surface area contributed by atoms with Gasteiger partial charge in [0.2, 0.25) is 0 Å². The second kappa shape index (κ2) is 11.5. The minimum atomic E-state index is 0.403. The monoisotopic (exact) mass is 268 g/mol. The van der Waals surface area contributed by atoms with E-state index in [9.17, 15) is 0 Å². The van der Waals surface area contributed by atoms with Crippen LogP contribution in [0.1, 0.15) is 73.1 Å². The Kier molecular flexibility index (Phi) is 11.2. The maximum absolute atomic E-state index is 4.53. The molecule has 2 heteroatoms. The lowest BCUT2D eigenvalue weighted by Gasteiger charge is -2.28. The molecule has 0 radical (unpaired) electrons. The maximum atomic E-state index is 4.53. The molecule has 114 valence electrons. The van der Waals surface area contributed by atoms with Crippen LogP contribution in [0.25, 0.3) is 0 Å². The van der Waals surface area contributed by atoms with Crippen molar-refractivity contribution < 1.29 is 0 Å². The molecule has 0 aromatic heterocycles. The molecule has 2 nitrogen and oxygen atoms in total. The van der Waals surface area contributed by atoms with E-state index in [0.717, 1.165) is 32.0 Å². The summed E-state index contributed by atoms with van der Waals surface area (Å²) in [6.07, 6.45) is 9.73. The van der Waals surface area contributed by atoms with E-state index in [1.807, 2.05) is 0 Å². The molecule has 0 heterocycles. The van der Waals surface area contributed by atoms with Gasteiger partial charge in [-0.2, -0.15) is 0 Å². The van der Waals surface area contributed by atoms with Gasteiger partial charge in [0, 0.05) is 13.1 Å². The van der Waals surface area contributed by atoms with Gasteiger partial charge in [-0.15, -0.1) is 0 Å². The minimum absolute atomic E-state index is 0.403. The number of nitrogens with one attached hydrogen (secondary N) is 1. The van der Waals surface area contributed by atoms with Crippen molar-refractivity contribution in [2.75, 3.05) is 19.6 Å². The molecule has 19 heavy (non-hydrogen) atoms. The topological polar surface area (TPSA) is 24.4 Å². The van der Waals surface area contributed by atoms with Crippen LogP contribution < -0.4 is 5.32 Å². The first-order valence-corrected chi connectivity index (χ1v) is 8.20. The van der Waals surface area contributed by atoms with Gasteiger partial charge in [0.25, 0.3) is 0 Å². The van der Waals surface area contributed by atoms with E-state index in [4.69, 9.17) is 0 Å². The summed E-state index contributed by atoms with van der Waals surface area (Å²) in [4.78, 5) is 4.53. The van der Waals surface area contributed by atoms with Crippen molar-refractivity contribution in [1.82, 2.24) is 5.32 Å². The highest BCUT2D eigenvalue weighted by atomic mass is 14.9. The molecule has 0 aliphatic rings. The number of rotatable bonds is 12. The van der Waals surface area contributed by atoms with Gasteiger partial charge in [0.05, 0.1) is 0 Å². The van der Waals surface area contributed by atoms with Gasteiger partial charge in [-0.25, -0.2) is 0 Å². The largest absolute Gasteiger partial charge is 0.316 e. The average molecular weight is 268 g/mol. The number of aliphatic imine (C=N–C) groups is 1. The zero-order chi connectivity index (χ0) is 14.6. The molecule has 0 saturated carbocycles. The summed E-state index contributed by atoms with van der Waals surface area (Å²) in [5, 5.41) is 3.46. The predicted molar refractivity (Wildman–Crippen MR) is 88.2 cm³/mol. The van der Waals surface area contributed by atoms with Crippen molar-refractivity contribution in [2.24, 2.45) is 16.3 Å². The van der Waals surface area contributed by atoms with Gasteiger partial charge in [0.1, 0.15) is 0 Å². The molecule has 0 rings (SSSR count). The molecule has 0 aromatic carbocycles. The summed E-state index contributed by atoms with van der Waals surface area (Å²) in [5.41, 5.74) is 0.403. The molecular weight excluding hydrogens is 232 g/mol. The molecule has 1 unspecified atom stereocenters. The van der Waals surface area contributed by atoms with Crippen molar-refractivity contribution in [1.29, 1.82) is 0 Å². The van der Waals surface area contributed by atoms with Gasteiger partial charge in [0.15, 0.2) is 0 Å². The summed E-state index contributed by atoms with van der Waals surface area (Å²) >= 11 is 0. The Morgan fingerprint density at radius 2 is 1.95 bits per heavy atom. The first-order chi connectivity index (χ1) is 9.02. The van der Waals surface area contributed by atoms with Crippen LogP contribution >= 0.6 is 0 Å². The van der Waals surface area contributed by atoms with E-state index in [0.29, 0.717) is 5.41 Å². The number of hydrogen-bond donors (Lipinski definition) is 1. The van der Waals surface area contributed by atoms with Crippen LogP contribution in [-0.2, 0) is 0 Å². The molecule has 0 fully saturated rings. The fraction of sp³-hybridized carbons (Fsp3) is 0.941. The lowest BCUT2D eigenvalue weighted by atomic mass is 9.82. The zero-order valence-corrected chi connectivity index (χ0v) is 14.0. The fourth-order valence-electron chi connectivity index (χ4n) is 2.54. The van der Waals surface area contributed by atoms with Crippen molar-refractivity contribution in [2.45, 2.75) is 73.1 Å². The van der Waals surface area contributed by atoms with E-state index >= 15 is 0 Å². The molecule has 1 atom stereocenters. The standard InChI is InChI=1S/C17H36N2/c1-6-8-9-10-12-19-13-11-16(3)14-17(4,5)15-18-7-2/h12,16,18H,6-11,13-15H2,1-5H3. The van der Waals surface area contributed by atoms with Crippen LogP contribution in [0.5, 0.6) is 0 Å². The Morgan fingerprint density at radius 1 is 1.21 bits per heavy atom. The van der Waals surface area contributed by atoms with E-state index in [1.54, 1.807) is 0 Å². The Balaban J connectivity index is 3.65. The highest BCUT2D eigenvalue weighted by molar-refractivity contribution is 5.56. The fourth-order valence-corrected chi connectivity index (χ4v) is 2.54. The molecule has 0 saturated heterocycles. The summed E-state index contributed by atoms with van der Waals surface area (Å²) in [5.74, 6) is 0.765.